The average Bonchev–Trinajstić information content (AvgIpc) is 2.46. The second-order valence-corrected chi connectivity index (χ2v) is 5.45. The first-order valence-corrected chi connectivity index (χ1v) is 7.40. The Hall–Kier alpha value is -1.65. The predicted octanol–water partition coefficient (Wildman–Crippen LogP) is 4.32. The van der Waals surface area contributed by atoms with Crippen molar-refractivity contribution >= 4 is 34.6 Å². The highest BCUT2D eigenvalue weighted by Crippen LogP contribution is 2.22. The van der Waals surface area contributed by atoms with Crippen LogP contribution in [0.15, 0.2) is 42.5 Å². The van der Waals surface area contributed by atoms with Crippen LogP contribution in [0, 0.1) is 12.7 Å². The first kappa shape index (κ1) is 15.7. The van der Waals surface area contributed by atoms with Crippen molar-refractivity contribution in [2.45, 2.75) is 13.3 Å². The Morgan fingerprint density at radius 2 is 1.95 bits per heavy atom. The number of nitrogens with one attached hydrogen (secondary N) is 2. The molecule has 2 aromatic carbocycles. The van der Waals surface area contributed by atoms with Crippen molar-refractivity contribution in [3.05, 3.63) is 64.4 Å². The van der Waals surface area contributed by atoms with Crippen LogP contribution in [-0.2, 0) is 6.42 Å². The van der Waals surface area contributed by atoms with Crippen LogP contribution >= 0.6 is 23.8 Å². The first-order chi connectivity index (χ1) is 10.1. The van der Waals surface area contributed by atoms with Gasteiger partial charge in [-0.25, -0.2) is 4.39 Å². The fourth-order valence-electron chi connectivity index (χ4n) is 1.92. The number of hydrogen-bond acceptors (Lipinski definition) is 1. The third-order valence-electron chi connectivity index (χ3n) is 3.15. The monoisotopic (exact) mass is 322 g/mol. The van der Waals surface area contributed by atoms with Crippen LogP contribution in [0.25, 0.3) is 0 Å². The molecule has 2 rings (SSSR count). The molecule has 0 atom stereocenters. The zero-order valence-corrected chi connectivity index (χ0v) is 13.2. The van der Waals surface area contributed by atoms with E-state index in [1.165, 1.54) is 6.07 Å². The summed E-state index contributed by atoms with van der Waals surface area (Å²) in [5, 5.41) is 7.34. The number of benzene rings is 2. The maximum Gasteiger partial charge on any atom is 0.170 e. The maximum atomic E-state index is 13.5. The van der Waals surface area contributed by atoms with Crippen molar-refractivity contribution in [3.8, 4) is 0 Å². The first-order valence-electron chi connectivity index (χ1n) is 6.61. The van der Waals surface area contributed by atoms with E-state index in [1.54, 1.807) is 12.1 Å². The van der Waals surface area contributed by atoms with Gasteiger partial charge in [0.15, 0.2) is 5.11 Å². The van der Waals surface area contributed by atoms with Gasteiger partial charge < -0.3 is 10.6 Å². The summed E-state index contributed by atoms with van der Waals surface area (Å²) in [6, 6.07) is 12.3. The van der Waals surface area contributed by atoms with Crippen LogP contribution in [0.1, 0.15) is 11.1 Å². The minimum Gasteiger partial charge on any atom is -0.362 e. The van der Waals surface area contributed by atoms with Crippen LogP contribution in [-0.4, -0.2) is 11.7 Å². The topological polar surface area (TPSA) is 24.1 Å². The SMILES string of the molecule is Cc1c(Cl)cccc1NC(=S)NCCc1ccccc1F. The van der Waals surface area contributed by atoms with Gasteiger partial charge >= 0.3 is 0 Å². The summed E-state index contributed by atoms with van der Waals surface area (Å²) in [6.07, 6.45) is 0.572. The molecule has 0 aliphatic rings. The highest BCUT2D eigenvalue weighted by atomic mass is 35.5. The molecular formula is C16H16ClFN2S. The fourth-order valence-corrected chi connectivity index (χ4v) is 2.31. The molecule has 0 saturated heterocycles. The number of halogens is 2. The standard InChI is InChI=1S/C16H16ClFN2S/c1-11-13(17)6-4-8-15(11)20-16(21)19-10-9-12-5-2-3-7-14(12)18/h2-8H,9-10H2,1H3,(H2,19,20,21). The van der Waals surface area contributed by atoms with E-state index in [4.69, 9.17) is 23.8 Å². The highest BCUT2D eigenvalue weighted by molar-refractivity contribution is 7.80. The number of rotatable bonds is 4. The molecule has 0 bridgehead atoms. The predicted molar refractivity (Wildman–Crippen MR) is 90.5 cm³/mol. The van der Waals surface area contributed by atoms with Crippen molar-refractivity contribution in [1.29, 1.82) is 0 Å². The van der Waals surface area contributed by atoms with Crippen LogP contribution in [0.5, 0.6) is 0 Å². The Balaban J connectivity index is 1.85. The lowest BCUT2D eigenvalue weighted by atomic mass is 10.1. The van der Waals surface area contributed by atoms with E-state index in [0.29, 0.717) is 28.7 Å². The van der Waals surface area contributed by atoms with Gasteiger partial charge in [0.2, 0.25) is 0 Å². The van der Waals surface area contributed by atoms with Crippen molar-refractivity contribution in [2.75, 3.05) is 11.9 Å². The lowest BCUT2D eigenvalue weighted by molar-refractivity contribution is 0.607. The Kier molecular flexibility index (Phi) is 5.53. The van der Waals surface area contributed by atoms with Gasteiger partial charge in [0.1, 0.15) is 5.82 Å². The van der Waals surface area contributed by atoms with Gasteiger partial charge in [0.05, 0.1) is 0 Å². The molecule has 0 spiro atoms. The van der Waals surface area contributed by atoms with E-state index >= 15 is 0 Å². The maximum absolute atomic E-state index is 13.5. The molecule has 0 radical (unpaired) electrons. The van der Waals surface area contributed by atoms with Crippen molar-refractivity contribution in [3.63, 3.8) is 0 Å². The summed E-state index contributed by atoms with van der Waals surface area (Å²) in [5.41, 5.74) is 2.48. The molecule has 0 heterocycles. The summed E-state index contributed by atoms with van der Waals surface area (Å²) in [7, 11) is 0. The van der Waals surface area contributed by atoms with Crippen molar-refractivity contribution in [1.82, 2.24) is 5.32 Å². The number of anilines is 1. The third kappa shape index (κ3) is 4.41. The summed E-state index contributed by atoms with van der Waals surface area (Å²) < 4.78 is 13.5. The minimum absolute atomic E-state index is 0.191. The Morgan fingerprint density at radius 3 is 2.71 bits per heavy atom. The van der Waals surface area contributed by atoms with Gasteiger partial charge in [0.25, 0.3) is 0 Å². The Labute approximate surface area is 134 Å². The fraction of sp³-hybridized carbons (Fsp3) is 0.188. The average molecular weight is 323 g/mol. The second kappa shape index (κ2) is 7.38. The molecule has 2 aromatic rings. The molecule has 0 fully saturated rings. The third-order valence-corrected chi connectivity index (χ3v) is 3.81. The molecule has 5 heteroatoms. The quantitative estimate of drug-likeness (QED) is 0.820. The Bertz CT molecular complexity index is 646. The zero-order chi connectivity index (χ0) is 15.2. The van der Waals surface area contributed by atoms with Gasteiger partial charge in [-0.15, -0.1) is 0 Å². The summed E-state index contributed by atoms with van der Waals surface area (Å²) in [6.45, 7) is 2.49. The molecule has 2 N–H and O–H groups in total. The normalized spacial score (nSPS) is 10.2. The number of hydrogen-bond donors (Lipinski definition) is 2. The van der Waals surface area contributed by atoms with Gasteiger partial charge in [-0.05, 0) is 54.9 Å². The minimum atomic E-state index is -0.191. The van der Waals surface area contributed by atoms with Gasteiger partial charge in [-0.2, -0.15) is 0 Å². The van der Waals surface area contributed by atoms with E-state index < -0.39 is 0 Å². The lowest BCUT2D eigenvalue weighted by Gasteiger charge is -2.13. The summed E-state index contributed by atoms with van der Waals surface area (Å²) in [4.78, 5) is 0. The van der Waals surface area contributed by atoms with E-state index in [0.717, 1.165) is 11.3 Å². The molecule has 0 aliphatic carbocycles. The Morgan fingerprint density at radius 1 is 1.19 bits per heavy atom. The molecule has 0 amide bonds. The largest absolute Gasteiger partial charge is 0.362 e. The highest BCUT2D eigenvalue weighted by Gasteiger charge is 2.04. The molecule has 0 unspecified atom stereocenters. The van der Waals surface area contributed by atoms with Gasteiger partial charge in [-0.3, -0.25) is 0 Å². The van der Waals surface area contributed by atoms with E-state index in [1.807, 2.05) is 31.2 Å². The molecule has 0 aromatic heterocycles. The van der Waals surface area contributed by atoms with E-state index in [9.17, 15) is 4.39 Å². The molecular weight excluding hydrogens is 307 g/mol. The van der Waals surface area contributed by atoms with Gasteiger partial charge in [0, 0.05) is 17.3 Å². The second-order valence-electron chi connectivity index (χ2n) is 4.63. The molecule has 2 nitrogen and oxygen atoms in total. The summed E-state index contributed by atoms with van der Waals surface area (Å²) >= 11 is 11.3. The molecule has 21 heavy (non-hydrogen) atoms. The zero-order valence-electron chi connectivity index (χ0n) is 11.6. The van der Waals surface area contributed by atoms with Crippen LogP contribution < -0.4 is 10.6 Å². The van der Waals surface area contributed by atoms with E-state index in [-0.39, 0.29) is 5.82 Å². The smallest absolute Gasteiger partial charge is 0.170 e. The van der Waals surface area contributed by atoms with Crippen LogP contribution in [0.4, 0.5) is 10.1 Å². The lowest BCUT2D eigenvalue weighted by Crippen LogP contribution is -2.30. The van der Waals surface area contributed by atoms with E-state index in [2.05, 4.69) is 10.6 Å². The van der Waals surface area contributed by atoms with Crippen molar-refractivity contribution in [2.24, 2.45) is 0 Å². The molecule has 0 aliphatic heterocycles. The van der Waals surface area contributed by atoms with Gasteiger partial charge in [-0.1, -0.05) is 35.9 Å². The molecule has 110 valence electrons. The summed E-state index contributed by atoms with van der Waals surface area (Å²) in [5.74, 6) is -0.191. The number of thiocarbonyl (C=S) groups is 1. The van der Waals surface area contributed by atoms with Crippen molar-refractivity contribution < 1.29 is 4.39 Å². The van der Waals surface area contributed by atoms with Crippen LogP contribution in [0.2, 0.25) is 5.02 Å². The molecule has 0 saturated carbocycles. The van der Waals surface area contributed by atoms with Crippen LogP contribution in [0.3, 0.4) is 0 Å².